The summed E-state index contributed by atoms with van der Waals surface area (Å²) in [7, 11) is 0. The predicted molar refractivity (Wildman–Crippen MR) is 68.9 cm³/mol. The van der Waals surface area contributed by atoms with E-state index in [-0.39, 0.29) is 16.3 Å². The Bertz CT molecular complexity index is 572. The molecule has 0 saturated heterocycles. The zero-order valence-electron chi connectivity index (χ0n) is 10.3. The van der Waals surface area contributed by atoms with Crippen LogP contribution in [0.5, 0.6) is 0 Å². The predicted octanol–water partition coefficient (Wildman–Crippen LogP) is 3.77. The van der Waals surface area contributed by atoms with Crippen molar-refractivity contribution < 1.29 is 13.2 Å². The molecule has 2 rings (SSSR count). The van der Waals surface area contributed by atoms with Crippen LogP contribution in [0.15, 0.2) is 22.9 Å². The fourth-order valence-corrected chi connectivity index (χ4v) is 1.84. The van der Waals surface area contributed by atoms with Gasteiger partial charge in [-0.3, -0.25) is 0 Å². The third-order valence-electron chi connectivity index (χ3n) is 2.62. The van der Waals surface area contributed by atoms with E-state index in [9.17, 15) is 8.78 Å². The first kappa shape index (κ1) is 14.0. The fourth-order valence-electron chi connectivity index (χ4n) is 1.69. The average Bonchev–Trinajstić information content (AvgIpc) is 2.82. The molecular formula is C13H13ClF2N2O. The van der Waals surface area contributed by atoms with E-state index in [2.05, 4.69) is 10.3 Å². The summed E-state index contributed by atoms with van der Waals surface area (Å²) >= 11 is 5.52. The lowest BCUT2D eigenvalue weighted by atomic mass is 10.1. The monoisotopic (exact) mass is 286 g/mol. The third-order valence-corrected chi connectivity index (χ3v) is 2.90. The molecule has 0 bridgehead atoms. The summed E-state index contributed by atoms with van der Waals surface area (Å²) in [5.74, 6) is -1.11. The van der Waals surface area contributed by atoms with Crippen molar-refractivity contribution in [2.45, 2.75) is 19.9 Å². The van der Waals surface area contributed by atoms with Crippen molar-refractivity contribution in [3.63, 3.8) is 0 Å². The maximum absolute atomic E-state index is 13.8. The van der Waals surface area contributed by atoms with Gasteiger partial charge in [-0.25, -0.2) is 13.8 Å². The first-order valence-corrected chi connectivity index (χ1v) is 6.29. The third kappa shape index (κ3) is 3.11. The zero-order chi connectivity index (χ0) is 13.8. The summed E-state index contributed by atoms with van der Waals surface area (Å²) in [5.41, 5.74) is 0.557. The molecular weight excluding hydrogens is 274 g/mol. The van der Waals surface area contributed by atoms with Crippen LogP contribution >= 0.6 is 11.6 Å². The van der Waals surface area contributed by atoms with Gasteiger partial charge in [0.15, 0.2) is 12.2 Å². The van der Waals surface area contributed by atoms with E-state index in [0.717, 1.165) is 25.1 Å². The van der Waals surface area contributed by atoms with Crippen LogP contribution in [-0.4, -0.2) is 11.5 Å². The van der Waals surface area contributed by atoms with Crippen molar-refractivity contribution in [1.82, 2.24) is 10.3 Å². The van der Waals surface area contributed by atoms with E-state index < -0.39 is 11.6 Å². The van der Waals surface area contributed by atoms with Crippen molar-refractivity contribution in [3.8, 4) is 11.3 Å². The van der Waals surface area contributed by atoms with Gasteiger partial charge in [0.2, 0.25) is 0 Å². The lowest BCUT2D eigenvalue weighted by molar-refractivity contribution is 0.554. The highest BCUT2D eigenvalue weighted by Crippen LogP contribution is 2.29. The van der Waals surface area contributed by atoms with Crippen molar-refractivity contribution in [1.29, 1.82) is 0 Å². The quantitative estimate of drug-likeness (QED) is 0.671. The van der Waals surface area contributed by atoms with Gasteiger partial charge in [0.25, 0.3) is 0 Å². The summed E-state index contributed by atoms with van der Waals surface area (Å²) in [5, 5.41) is 2.87. The Morgan fingerprint density at radius 1 is 1.32 bits per heavy atom. The second kappa shape index (κ2) is 6.12. The van der Waals surface area contributed by atoms with Gasteiger partial charge in [0.1, 0.15) is 17.3 Å². The van der Waals surface area contributed by atoms with Gasteiger partial charge in [0, 0.05) is 6.54 Å². The minimum Gasteiger partial charge on any atom is -0.443 e. The number of benzene rings is 1. The number of hydrogen-bond acceptors (Lipinski definition) is 3. The molecule has 102 valence electrons. The highest BCUT2D eigenvalue weighted by atomic mass is 35.5. The Morgan fingerprint density at radius 2 is 2.11 bits per heavy atom. The molecule has 0 unspecified atom stereocenters. The molecule has 1 aromatic heterocycles. The molecule has 1 N–H and O–H groups in total. The first-order chi connectivity index (χ1) is 9.13. The maximum Gasteiger partial charge on any atom is 0.181 e. The van der Waals surface area contributed by atoms with Crippen molar-refractivity contribution >= 4 is 11.6 Å². The van der Waals surface area contributed by atoms with E-state index in [4.69, 9.17) is 16.0 Å². The number of rotatable bonds is 5. The lowest BCUT2D eigenvalue weighted by Crippen LogP contribution is -2.14. The molecule has 0 aliphatic carbocycles. The van der Waals surface area contributed by atoms with Crippen LogP contribution in [0.3, 0.4) is 0 Å². The average molecular weight is 287 g/mol. The molecule has 6 heteroatoms. The molecule has 0 fully saturated rings. The summed E-state index contributed by atoms with van der Waals surface area (Å²) in [6, 6.07) is 1.94. The molecule has 0 spiro atoms. The van der Waals surface area contributed by atoms with Crippen molar-refractivity contribution in [2.75, 3.05) is 6.54 Å². The van der Waals surface area contributed by atoms with Crippen LogP contribution in [0.25, 0.3) is 11.3 Å². The molecule has 0 radical (unpaired) electrons. The molecule has 1 heterocycles. The number of nitrogens with zero attached hydrogens (tertiary/aromatic N) is 1. The minimum absolute atomic E-state index is 0.0210. The number of oxazole rings is 1. The Kier molecular flexibility index (Phi) is 4.50. The molecule has 2 aromatic rings. The van der Waals surface area contributed by atoms with Crippen molar-refractivity contribution in [2.24, 2.45) is 0 Å². The van der Waals surface area contributed by atoms with Crippen molar-refractivity contribution in [3.05, 3.63) is 40.9 Å². The Morgan fingerprint density at radius 3 is 2.84 bits per heavy atom. The van der Waals surface area contributed by atoms with Gasteiger partial charge < -0.3 is 9.73 Å². The fraction of sp³-hybridized carbons (Fsp3) is 0.308. The van der Waals surface area contributed by atoms with E-state index in [1.54, 1.807) is 0 Å². The number of hydrogen-bond donors (Lipinski definition) is 1. The molecule has 1 aromatic carbocycles. The van der Waals surface area contributed by atoms with Gasteiger partial charge >= 0.3 is 0 Å². The Labute approximate surface area is 114 Å². The van der Waals surface area contributed by atoms with E-state index >= 15 is 0 Å². The molecule has 0 aliphatic heterocycles. The van der Waals surface area contributed by atoms with Gasteiger partial charge in [-0.15, -0.1) is 0 Å². The smallest absolute Gasteiger partial charge is 0.181 e. The molecule has 0 amide bonds. The topological polar surface area (TPSA) is 38.1 Å². The molecule has 0 aliphatic rings. The molecule has 0 saturated carbocycles. The van der Waals surface area contributed by atoms with Crippen LogP contribution in [0, 0.1) is 11.6 Å². The van der Waals surface area contributed by atoms with Gasteiger partial charge in [-0.1, -0.05) is 18.5 Å². The molecule has 3 nitrogen and oxygen atoms in total. The minimum atomic E-state index is -0.693. The lowest BCUT2D eigenvalue weighted by Gasteiger charge is -2.05. The largest absolute Gasteiger partial charge is 0.443 e. The zero-order valence-corrected chi connectivity index (χ0v) is 11.1. The van der Waals surface area contributed by atoms with Crippen LogP contribution in [0.1, 0.15) is 19.0 Å². The Hall–Kier alpha value is -1.46. The van der Waals surface area contributed by atoms with Crippen LogP contribution in [-0.2, 0) is 6.54 Å². The normalized spacial score (nSPS) is 10.9. The second-order valence-electron chi connectivity index (χ2n) is 4.05. The first-order valence-electron chi connectivity index (χ1n) is 5.91. The van der Waals surface area contributed by atoms with E-state index in [0.29, 0.717) is 12.2 Å². The highest BCUT2D eigenvalue weighted by Gasteiger charge is 2.17. The number of halogens is 3. The van der Waals surface area contributed by atoms with Gasteiger partial charge in [-0.2, -0.15) is 0 Å². The van der Waals surface area contributed by atoms with Crippen LogP contribution in [0.4, 0.5) is 8.78 Å². The SMILES string of the molecule is CCCNCc1ncoc1-c1cc(F)c(Cl)cc1F. The van der Waals surface area contributed by atoms with E-state index in [1.807, 2.05) is 6.92 Å². The number of nitrogens with one attached hydrogen (secondary N) is 1. The summed E-state index contributed by atoms with van der Waals surface area (Å²) in [4.78, 5) is 4.01. The summed E-state index contributed by atoms with van der Waals surface area (Å²) in [6.07, 6.45) is 2.18. The van der Waals surface area contributed by atoms with Crippen LogP contribution < -0.4 is 5.32 Å². The van der Waals surface area contributed by atoms with Crippen LogP contribution in [0.2, 0.25) is 5.02 Å². The van der Waals surface area contributed by atoms with E-state index in [1.165, 1.54) is 6.39 Å². The van der Waals surface area contributed by atoms with Gasteiger partial charge in [0.05, 0.1) is 10.6 Å². The second-order valence-corrected chi connectivity index (χ2v) is 4.46. The standard InChI is InChI=1S/C13H13ClF2N2O/c1-2-3-17-6-12-13(19-7-18-12)8-4-11(16)9(14)5-10(8)15/h4-5,7,17H,2-3,6H2,1H3. The molecule has 19 heavy (non-hydrogen) atoms. The highest BCUT2D eigenvalue weighted by molar-refractivity contribution is 6.30. The summed E-state index contributed by atoms with van der Waals surface area (Å²) in [6.45, 7) is 3.28. The maximum atomic E-state index is 13.8. The Balaban J connectivity index is 2.32. The van der Waals surface area contributed by atoms with Gasteiger partial charge in [-0.05, 0) is 25.1 Å². The summed E-state index contributed by atoms with van der Waals surface area (Å²) < 4.78 is 32.4. The number of aromatic nitrogens is 1. The molecule has 0 atom stereocenters.